The Balaban J connectivity index is 2.23. The molecule has 0 radical (unpaired) electrons. The number of allylic oxidation sites excluding steroid dienone is 3. The van der Waals surface area contributed by atoms with E-state index in [1.807, 2.05) is 6.07 Å². The predicted molar refractivity (Wildman–Crippen MR) is 95.6 cm³/mol. The molecule has 0 amide bonds. The van der Waals surface area contributed by atoms with E-state index in [0.29, 0.717) is 33.3 Å². The third kappa shape index (κ3) is 2.75. The number of hydrogen-bond donors (Lipinski definition) is 1. The fourth-order valence-corrected chi connectivity index (χ4v) is 4.12. The zero-order chi connectivity index (χ0) is 17.6. The van der Waals surface area contributed by atoms with Crippen LogP contribution in [0.2, 0.25) is 10.0 Å². The summed E-state index contributed by atoms with van der Waals surface area (Å²) in [5.41, 5.74) is 2.69. The lowest BCUT2D eigenvalue weighted by Crippen LogP contribution is -2.40. The van der Waals surface area contributed by atoms with Crippen LogP contribution in [0.1, 0.15) is 38.2 Å². The van der Waals surface area contributed by atoms with Crippen LogP contribution in [0.5, 0.6) is 0 Å². The average Bonchev–Trinajstić information content (AvgIpc) is 2.47. The van der Waals surface area contributed by atoms with E-state index in [4.69, 9.17) is 23.2 Å². The first kappa shape index (κ1) is 17.1. The van der Waals surface area contributed by atoms with Gasteiger partial charge >= 0.3 is 0 Å². The van der Waals surface area contributed by atoms with Gasteiger partial charge < -0.3 is 5.32 Å². The normalized spacial score (nSPS) is 25.8. The van der Waals surface area contributed by atoms with Gasteiger partial charge in [-0.3, -0.25) is 4.79 Å². The van der Waals surface area contributed by atoms with Crippen molar-refractivity contribution in [3.8, 4) is 6.07 Å². The number of halogens is 2. The molecule has 1 aliphatic carbocycles. The molecule has 2 atom stereocenters. The topological polar surface area (TPSA) is 52.9 Å². The maximum atomic E-state index is 12.9. The number of nitrogens with one attached hydrogen (secondary N) is 1. The van der Waals surface area contributed by atoms with E-state index in [2.05, 4.69) is 31.8 Å². The molecule has 1 aromatic rings. The summed E-state index contributed by atoms with van der Waals surface area (Å²) >= 11 is 12.6. The van der Waals surface area contributed by atoms with Crippen molar-refractivity contribution in [2.75, 3.05) is 0 Å². The van der Waals surface area contributed by atoms with Gasteiger partial charge in [-0.1, -0.05) is 55.8 Å². The van der Waals surface area contributed by atoms with Crippen LogP contribution in [-0.2, 0) is 4.79 Å². The van der Waals surface area contributed by atoms with Gasteiger partial charge in [0.25, 0.3) is 0 Å². The molecule has 24 heavy (non-hydrogen) atoms. The molecule has 3 rings (SSSR count). The minimum absolute atomic E-state index is 0.0579. The SMILES string of the molecule is C=C1NC2=C(C(=O)CC(C)(C)C2)C(c2cccc(Cl)c2Cl)C1C#N. The Morgan fingerprint density at radius 1 is 1.33 bits per heavy atom. The van der Waals surface area contributed by atoms with Crippen molar-refractivity contribution in [3.63, 3.8) is 0 Å². The van der Waals surface area contributed by atoms with Gasteiger partial charge in [0.2, 0.25) is 0 Å². The summed E-state index contributed by atoms with van der Waals surface area (Å²) in [6, 6.07) is 7.60. The van der Waals surface area contributed by atoms with Crippen molar-refractivity contribution < 1.29 is 4.79 Å². The quantitative estimate of drug-likeness (QED) is 0.768. The summed E-state index contributed by atoms with van der Waals surface area (Å²) in [5.74, 6) is -0.944. The molecule has 1 aromatic carbocycles. The Morgan fingerprint density at radius 2 is 2.04 bits per heavy atom. The Kier molecular flexibility index (Phi) is 4.23. The van der Waals surface area contributed by atoms with Crippen LogP contribution in [0.4, 0.5) is 0 Å². The van der Waals surface area contributed by atoms with Gasteiger partial charge in [0.05, 0.1) is 22.0 Å². The van der Waals surface area contributed by atoms with E-state index in [-0.39, 0.29) is 11.2 Å². The zero-order valence-electron chi connectivity index (χ0n) is 13.6. The lowest BCUT2D eigenvalue weighted by molar-refractivity contribution is -0.118. The zero-order valence-corrected chi connectivity index (χ0v) is 15.1. The van der Waals surface area contributed by atoms with Crippen LogP contribution in [0.25, 0.3) is 0 Å². The minimum atomic E-state index is -0.565. The van der Waals surface area contributed by atoms with Crippen molar-refractivity contribution >= 4 is 29.0 Å². The lowest BCUT2D eigenvalue weighted by atomic mass is 9.67. The van der Waals surface area contributed by atoms with Crippen molar-refractivity contribution in [2.24, 2.45) is 11.3 Å². The molecule has 0 saturated carbocycles. The Bertz CT molecular complexity index is 817. The smallest absolute Gasteiger partial charge is 0.161 e. The molecular weight excluding hydrogens is 343 g/mol. The molecule has 0 spiro atoms. The highest BCUT2D eigenvalue weighted by molar-refractivity contribution is 6.42. The Hall–Kier alpha value is -1.76. The first-order chi connectivity index (χ1) is 11.2. The van der Waals surface area contributed by atoms with Gasteiger partial charge in [-0.2, -0.15) is 5.26 Å². The third-order valence-electron chi connectivity index (χ3n) is 4.71. The maximum Gasteiger partial charge on any atom is 0.161 e. The molecule has 0 aromatic heterocycles. The van der Waals surface area contributed by atoms with Crippen LogP contribution in [-0.4, -0.2) is 5.78 Å². The van der Waals surface area contributed by atoms with Gasteiger partial charge in [-0.05, 0) is 23.5 Å². The van der Waals surface area contributed by atoms with E-state index in [0.717, 1.165) is 12.1 Å². The van der Waals surface area contributed by atoms with Crippen molar-refractivity contribution in [1.29, 1.82) is 5.26 Å². The molecule has 1 N–H and O–H groups in total. The molecule has 5 heteroatoms. The van der Waals surface area contributed by atoms with E-state index in [9.17, 15) is 10.1 Å². The van der Waals surface area contributed by atoms with Gasteiger partial charge in [0.15, 0.2) is 5.78 Å². The van der Waals surface area contributed by atoms with Crippen LogP contribution >= 0.6 is 23.2 Å². The molecule has 0 bridgehead atoms. The monoisotopic (exact) mass is 360 g/mol. The number of carbonyl (C=O) groups excluding carboxylic acids is 1. The summed E-state index contributed by atoms with van der Waals surface area (Å²) in [4.78, 5) is 12.9. The minimum Gasteiger partial charge on any atom is -0.361 e. The number of ketones is 1. The van der Waals surface area contributed by atoms with Crippen LogP contribution in [0.3, 0.4) is 0 Å². The van der Waals surface area contributed by atoms with Crippen molar-refractivity contribution in [1.82, 2.24) is 5.32 Å². The molecular formula is C19H18Cl2N2O. The number of rotatable bonds is 1. The summed E-state index contributed by atoms with van der Waals surface area (Å²) < 4.78 is 0. The highest BCUT2D eigenvalue weighted by atomic mass is 35.5. The highest BCUT2D eigenvalue weighted by Crippen LogP contribution is 2.49. The van der Waals surface area contributed by atoms with Gasteiger partial charge in [-0.25, -0.2) is 0 Å². The second-order valence-corrected chi connectivity index (χ2v) is 8.00. The first-order valence-electron chi connectivity index (χ1n) is 7.81. The van der Waals surface area contributed by atoms with E-state index >= 15 is 0 Å². The molecule has 2 aliphatic rings. The second-order valence-electron chi connectivity index (χ2n) is 7.21. The summed E-state index contributed by atoms with van der Waals surface area (Å²) in [5, 5.41) is 13.7. The lowest BCUT2D eigenvalue weighted by Gasteiger charge is -2.41. The van der Waals surface area contributed by atoms with E-state index in [1.54, 1.807) is 12.1 Å². The van der Waals surface area contributed by atoms with Gasteiger partial charge in [-0.15, -0.1) is 0 Å². The molecule has 1 aliphatic heterocycles. The maximum absolute atomic E-state index is 12.9. The Labute approximate surface area is 151 Å². The largest absolute Gasteiger partial charge is 0.361 e. The van der Waals surface area contributed by atoms with Gasteiger partial charge in [0, 0.05) is 29.3 Å². The molecule has 124 valence electrons. The molecule has 0 saturated heterocycles. The summed E-state index contributed by atoms with van der Waals surface area (Å²) in [7, 11) is 0. The summed E-state index contributed by atoms with van der Waals surface area (Å²) in [6.45, 7) is 8.14. The number of nitriles is 1. The molecule has 3 nitrogen and oxygen atoms in total. The fourth-order valence-electron chi connectivity index (χ4n) is 3.69. The highest BCUT2D eigenvalue weighted by Gasteiger charge is 2.44. The number of benzene rings is 1. The summed E-state index contributed by atoms with van der Waals surface area (Å²) in [6.07, 6.45) is 1.19. The van der Waals surface area contributed by atoms with Gasteiger partial charge in [0.1, 0.15) is 0 Å². The Morgan fingerprint density at radius 3 is 2.71 bits per heavy atom. The standard InChI is InChI=1S/C19H18Cl2N2O/c1-10-12(9-22)16(11-5-4-6-13(20)18(11)21)17-14(23-10)7-19(2,3)8-15(17)24/h4-6,12,16,23H,1,7-8H2,2-3H3. The van der Waals surface area contributed by atoms with Crippen molar-refractivity contribution in [2.45, 2.75) is 32.6 Å². The van der Waals surface area contributed by atoms with Crippen molar-refractivity contribution in [3.05, 3.63) is 57.4 Å². The molecule has 1 heterocycles. The fraction of sp³-hybridized carbons (Fsp3) is 0.368. The molecule has 0 fully saturated rings. The van der Waals surface area contributed by atoms with E-state index < -0.39 is 11.8 Å². The second kappa shape index (κ2) is 5.95. The average molecular weight is 361 g/mol. The number of nitrogens with zero attached hydrogens (tertiary/aromatic N) is 1. The van der Waals surface area contributed by atoms with Crippen LogP contribution < -0.4 is 5.32 Å². The number of carbonyl (C=O) groups is 1. The first-order valence-corrected chi connectivity index (χ1v) is 8.56. The van der Waals surface area contributed by atoms with Crippen LogP contribution in [0, 0.1) is 22.7 Å². The van der Waals surface area contributed by atoms with E-state index in [1.165, 1.54) is 0 Å². The number of hydrogen-bond acceptors (Lipinski definition) is 3. The predicted octanol–water partition coefficient (Wildman–Crippen LogP) is 4.98. The van der Waals surface area contributed by atoms with Crippen LogP contribution in [0.15, 0.2) is 41.7 Å². The molecule has 2 unspecified atom stereocenters. The number of Topliss-reactive ketones (excluding diaryl/α,β-unsaturated/α-hetero) is 1. The third-order valence-corrected chi connectivity index (χ3v) is 5.54.